The van der Waals surface area contributed by atoms with Crippen molar-refractivity contribution in [1.29, 1.82) is 0 Å². The van der Waals surface area contributed by atoms with Gasteiger partial charge in [0.25, 0.3) is 0 Å². The molecule has 1 aromatic heterocycles. The van der Waals surface area contributed by atoms with Crippen molar-refractivity contribution >= 4 is 16.6 Å². The molecule has 1 atom stereocenters. The molecule has 0 amide bonds. The minimum Gasteiger partial charge on any atom is -0.505 e. The summed E-state index contributed by atoms with van der Waals surface area (Å²) >= 11 is 0. The Kier molecular flexibility index (Phi) is 1.65. The van der Waals surface area contributed by atoms with Gasteiger partial charge >= 0.3 is 0 Å². The quantitative estimate of drug-likeness (QED) is 0.638. The summed E-state index contributed by atoms with van der Waals surface area (Å²) in [5, 5.41) is 10.6. The van der Waals surface area contributed by atoms with Gasteiger partial charge < -0.3 is 5.11 Å². The predicted octanol–water partition coefficient (Wildman–Crippen LogP) is 0.595. The Morgan fingerprint density at radius 2 is 2.17 bits per heavy atom. The third kappa shape index (κ3) is 1.12. The molecule has 1 N–H and O–H groups in total. The lowest BCUT2D eigenvalue weighted by Crippen LogP contribution is -2.08. The number of aliphatic hydroxyl groups excluding tert-OH is 1. The molecule has 2 heterocycles. The summed E-state index contributed by atoms with van der Waals surface area (Å²) in [5.74, 6) is 0.301. The molecule has 1 unspecified atom stereocenters. The number of fused-ring (bicyclic) bond motifs is 1. The van der Waals surface area contributed by atoms with Crippen molar-refractivity contribution in [3.8, 4) is 0 Å². The summed E-state index contributed by atoms with van der Waals surface area (Å²) in [6, 6.07) is 0. The monoisotopic (exact) mass is 182 g/mol. The van der Waals surface area contributed by atoms with Gasteiger partial charge in [-0.3, -0.25) is 9.19 Å². The van der Waals surface area contributed by atoms with Gasteiger partial charge in [-0.05, 0) is 0 Å². The van der Waals surface area contributed by atoms with Gasteiger partial charge in [-0.15, -0.1) is 0 Å². The van der Waals surface area contributed by atoms with Crippen LogP contribution in [0.5, 0.6) is 0 Å². The Morgan fingerprint density at radius 3 is 3.00 bits per heavy atom. The summed E-state index contributed by atoms with van der Waals surface area (Å²) in [7, 11) is -1.15. The van der Waals surface area contributed by atoms with Crippen LogP contribution >= 0.6 is 0 Å². The van der Waals surface area contributed by atoms with Crippen LogP contribution in [-0.4, -0.2) is 19.3 Å². The highest BCUT2D eigenvalue weighted by atomic mass is 32.2. The van der Waals surface area contributed by atoms with Gasteiger partial charge in [-0.2, -0.15) is 0 Å². The average molecular weight is 182 g/mol. The molecule has 1 aromatic rings. The number of rotatable bonds is 0. The number of aromatic nitrogens is 2. The number of nitrogens with zero attached hydrogens (tertiary/aromatic N) is 2. The number of hydrogen-bond acceptors (Lipinski definition) is 4. The summed E-state index contributed by atoms with van der Waals surface area (Å²) < 4.78 is 11.0. The van der Waals surface area contributed by atoms with Crippen LogP contribution in [0.1, 0.15) is 11.4 Å². The smallest absolute Gasteiger partial charge is 0.151 e. The molecule has 0 aromatic carbocycles. The summed E-state index contributed by atoms with van der Waals surface area (Å²) in [6.07, 6.45) is 3.02. The molecule has 0 bridgehead atoms. The lowest BCUT2D eigenvalue weighted by Gasteiger charge is -2.09. The molecule has 12 heavy (non-hydrogen) atoms. The van der Waals surface area contributed by atoms with Crippen LogP contribution in [-0.2, 0) is 16.6 Å². The van der Waals surface area contributed by atoms with E-state index in [2.05, 4.69) is 9.97 Å². The largest absolute Gasteiger partial charge is 0.505 e. The number of aliphatic hydroxyl groups is 1. The first-order valence-electron chi connectivity index (χ1n) is 3.35. The Balaban J connectivity index is 2.60. The van der Waals surface area contributed by atoms with Gasteiger partial charge in [0.15, 0.2) is 5.76 Å². The van der Waals surface area contributed by atoms with Gasteiger partial charge in [0.2, 0.25) is 0 Å². The van der Waals surface area contributed by atoms with Crippen molar-refractivity contribution in [3.63, 3.8) is 0 Å². The van der Waals surface area contributed by atoms with Crippen molar-refractivity contribution in [1.82, 2.24) is 9.97 Å². The highest BCUT2D eigenvalue weighted by molar-refractivity contribution is 7.87. The molecule has 0 radical (unpaired) electrons. The molecule has 1 aliphatic rings. The van der Waals surface area contributed by atoms with Gasteiger partial charge in [-0.1, -0.05) is 0 Å². The molecule has 0 spiro atoms. The molecular weight excluding hydrogens is 176 g/mol. The highest BCUT2D eigenvalue weighted by Gasteiger charge is 2.17. The van der Waals surface area contributed by atoms with E-state index in [-0.39, 0.29) is 5.76 Å². The average Bonchev–Trinajstić information content (AvgIpc) is 2.04. The zero-order valence-corrected chi connectivity index (χ0v) is 6.91. The molecule has 0 saturated carbocycles. The molecule has 0 aliphatic carbocycles. The van der Waals surface area contributed by atoms with E-state index in [0.717, 1.165) is 0 Å². The third-order valence-electron chi connectivity index (χ3n) is 1.54. The van der Waals surface area contributed by atoms with E-state index >= 15 is 0 Å². The lowest BCUT2D eigenvalue weighted by molar-refractivity contribution is 0.507. The Hall–Kier alpha value is -1.23. The number of hydrogen-bond donors (Lipinski definition) is 1. The first kappa shape index (κ1) is 7.42. The van der Waals surface area contributed by atoms with Gasteiger partial charge in [0.05, 0.1) is 22.2 Å². The van der Waals surface area contributed by atoms with Crippen molar-refractivity contribution in [3.05, 3.63) is 29.2 Å². The minimum absolute atomic E-state index is 0.0392. The van der Waals surface area contributed by atoms with E-state index < -0.39 is 10.8 Å². The van der Waals surface area contributed by atoms with Crippen molar-refractivity contribution in [2.24, 2.45) is 0 Å². The highest BCUT2D eigenvalue weighted by Crippen LogP contribution is 2.19. The van der Waals surface area contributed by atoms with Crippen LogP contribution in [0, 0.1) is 0 Å². The van der Waals surface area contributed by atoms with Gasteiger partial charge in [0.1, 0.15) is 5.69 Å². The van der Waals surface area contributed by atoms with Crippen LogP contribution in [0.15, 0.2) is 17.8 Å². The first-order valence-corrected chi connectivity index (χ1v) is 4.74. The van der Waals surface area contributed by atoms with E-state index in [1.807, 2.05) is 0 Å². The maximum Gasteiger partial charge on any atom is 0.151 e. The van der Waals surface area contributed by atoms with E-state index in [1.165, 1.54) is 17.8 Å². The fraction of sp³-hybridized carbons (Fsp3) is 0.143. The van der Waals surface area contributed by atoms with E-state index in [1.54, 1.807) is 0 Å². The summed E-state index contributed by atoms with van der Waals surface area (Å²) in [4.78, 5) is 7.88. The second-order valence-electron chi connectivity index (χ2n) is 2.38. The fourth-order valence-corrected chi connectivity index (χ4v) is 1.97. The van der Waals surface area contributed by atoms with Crippen LogP contribution < -0.4 is 0 Å². The van der Waals surface area contributed by atoms with Crippen molar-refractivity contribution in [2.45, 2.75) is 5.75 Å². The minimum atomic E-state index is -1.15. The van der Waals surface area contributed by atoms with Gasteiger partial charge in [-0.25, -0.2) is 4.98 Å². The lowest BCUT2D eigenvalue weighted by atomic mass is 10.3. The summed E-state index contributed by atoms with van der Waals surface area (Å²) in [6.45, 7) is 0. The second-order valence-corrected chi connectivity index (χ2v) is 3.67. The molecule has 0 saturated heterocycles. The molecule has 4 nitrogen and oxygen atoms in total. The van der Waals surface area contributed by atoms with E-state index in [0.29, 0.717) is 17.1 Å². The van der Waals surface area contributed by atoms with Crippen molar-refractivity contribution in [2.75, 3.05) is 0 Å². The zero-order chi connectivity index (χ0) is 8.55. The zero-order valence-electron chi connectivity index (χ0n) is 6.10. The van der Waals surface area contributed by atoms with Gasteiger partial charge in [0, 0.05) is 17.8 Å². The molecule has 62 valence electrons. The Bertz CT molecular complexity index is 375. The van der Waals surface area contributed by atoms with Crippen LogP contribution in [0.3, 0.4) is 0 Å². The molecule has 2 rings (SSSR count). The molecule has 1 aliphatic heterocycles. The van der Waals surface area contributed by atoms with Crippen molar-refractivity contribution < 1.29 is 9.32 Å². The van der Waals surface area contributed by atoms with Crippen LogP contribution in [0.4, 0.5) is 0 Å². The predicted molar refractivity (Wildman–Crippen MR) is 44.5 cm³/mol. The molecule has 5 heteroatoms. The van der Waals surface area contributed by atoms with E-state index in [4.69, 9.17) is 0 Å². The fourth-order valence-electron chi connectivity index (χ4n) is 1.04. The maximum atomic E-state index is 11.0. The van der Waals surface area contributed by atoms with E-state index in [9.17, 15) is 9.32 Å². The van der Waals surface area contributed by atoms with Crippen LogP contribution in [0.2, 0.25) is 0 Å². The summed E-state index contributed by atoms with van der Waals surface area (Å²) in [5.41, 5.74) is 1.04. The second kappa shape index (κ2) is 2.67. The normalized spacial score (nSPS) is 21.3. The van der Waals surface area contributed by atoms with Crippen LogP contribution in [0.25, 0.3) is 5.76 Å². The third-order valence-corrected chi connectivity index (χ3v) is 2.58. The Morgan fingerprint density at radius 1 is 1.42 bits per heavy atom. The first-order chi connectivity index (χ1) is 5.77. The maximum absolute atomic E-state index is 11.0. The topological polar surface area (TPSA) is 63.1 Å². The molecule has 0 fully saturated rings. The Labute approximate surface area is 71.4 Å². The standard InChI is InChI=1S/C7H6N2O2S/c10-6-4-12(11)3-5-7(6)9-2-1-8-5/h1-2,4,10H,3H2. The molecular formula is C7H6N2O2S. The SMILES string of the molecule is O=S1C=C(O)c2nccnc2C1.